The average molecular weight is 538 g/mol. The van der Waals surface area contributed by atoms with Crippen molar-refractivity contribution in [1.29, 1.82) is 0 Å². The van der Waals surface area contributed by atoms with Crippen molar-refractivity contribution < 1.29 is 9.13 Å². The van der Waals surface area contributed by atoms with Gasteiger partial charge in [-0.1, -0.05) is 73.7 Å². The molecule has 41 heavy (non-hydrogen) atoms. The molecule has 0 fully saturated rings. The Labute approximate surface area is 239 Å². The molecule has 3 atom stereocenters. The second-order valence-corrected chi connectivity index (χ2v) is 11.7. The average Bonchev–Trinajstić information content (AvgIpc) is 3.40. The molecule has 8 rings (SSSR count). The lowest BCUT2D eigenvalue weighted by Crippen LogP contribution is -2.32. The molecule has 0 N–H and O–H groups in total. The number of benzene rings is 4. The Morgan fingerprint density at radius 2 is 1.95 bits per heavy atom. The Morgan fingerprint density at radius 3 is 2.85 bits per heavy atom. The minimum absolute atomic E-state index is 0.112. The Morgan fingerprint density at radius 1 is 1.05 bits per heavy atom. The van der Waals surface area contributed by atoms with E-state index in [4.69, 9.17) is 14.7 Å². The van der Waals surface area contributed by atoms with Crippen molar-refractivity contribution in [2.24, 2.45) is 15.9 Å². The van der Waals surface area contributed by atoms with Crippen molar-refractivity contribution in [3.8, 4) is 0 Å². The third kappa shape index (κ3) is 4.00. The lowest BCUT2D eigenvalue weighted by atomic mass is 9.73. The normalized spacial score (nSPS) is 22.2. The standard InChI is InChI=1S/C37H30FN2O/c1-22-14-15-27-30(18-22)26-17-16-25-24(31(26)19-32(27)38)11-7-12-28(25)36-37-35(29-10-5-6-13-33(29)40-37)34(20-39-36)41-21-23-8-3-2-4-9-23/h2-5,8-10,13-17,19-20,22,28,36H,7,11-12,18,21H2,1H3. The molecule has 0 spiro atoms. The van der Waals surface area contributed by atoms with Crippen LogP contribution in [0.25, 0.3) is 22.4 Å². The Balaban J connectivity index is 1.20. The van der Waals surface area contributed by atoms with Crippen molar-refractivity contribution in [3.05, 3.63) is 124 Å². The van der Waals surface area contributed by atoms with Crippen LogP contribution in [-0.4, -0.2) is 18.0 Å². The molecule has 2 heterocycles. The van der Waals surface area contributed by atoms with Crippen LogP contribution < -0.4 is 0 Å². The van der Waals surface area contributed by atoms with Gasteiger partial charge >= 0.3 is 0 Å². The molecular formula is C37H30FN2O. The Bertz CT molecular complexity index is 1830. The van der Waals surface area contributed by atoms with E-state index in [-0.39, 0.29) is 17.8 Å². The van der Waals surface area contributed by atoms with Crippen LogP contribution in [0.15, 0.2) is 88.6 Å². The summed E-state index contributed by atoms with van der Waals surface area (Å²) < 4.78 is 21.8. The third-order valence-corrected chi connectivity index (χ3v) is 9.14. The SMILES string of the molecule is CC1C=Cc2c(F)cc3c4c(ccc3c2C1)C(C1N=CC(OCc2ccccc2)=C2C1=Nc1c[c]ccc12)CCC4. The quantitative estimate of drug-likeness (QED) is 0.257. The molecule has 201 valence electrons. The fourth-order valence-corrected chi connectivity index (χ4v) is 7.21. The van der Waals surface area contributed by atoms with Gasteiger partial charge in [0.05, 0.1) is 29.2 Å². The number of aryl methyl sites for hydroxylation is 1. The smallest absolute Gasteiger partial charge is 0.147 e. The van der Waals surface area contributed by atoms with Gasteiger partial charge in [0.2, 0.25) is 0 Å². The number of rotatable bonds is 4. The zero-order valence-corrected chi connectivity index (χ0v) is 23.0. The molecule has 4 aliphatic rings. The molecule has 2 aliphatic heterocycles. The highest BCUT2D eigenvalue weighted by molar-refractivity contribution is 6.35. The van der Waals surface area contributed by atoms with Crippen molar-refractivity contribution in [3.63, 3.8) is 0 Å². The lowest BCUT2D eigenvalue weighted by Gasteiger charge is -2.33. The van der Waals surface area contributed by atoms with Crippen LogP contribution in [-0.2, 0) is 24.2 Å². The number of hydrogen-bond acceptors (Lipinski definition) is 3. The van der Waals surface area contributed by atoms with Gasteiger partial charge in [0, 0.05) is 17.0 Å². The van der Waals surface area contributed by atoms with Crippen molar-refractivity contribution in [1.82, 2.24) is 0 Å². The monoisotopic (exact) mass is 537 g/mol. The first kappa shape index (κ1) is 24.5. The zero-order valence-electron chi connectivity index (χ0n) is 23.0. The highest BCUT2D eigenvalue weighted by Gasteiger charge is 2.39. The minimum Gasteiger partial charge on any atom is -0.487 e. The number of ether oxygens (including phenoxy) is 1. The third-order valence-electron chi connectivity index (χ3n) is 9.14. The molecule has 0 aromatic heterocycles. The van der Waals surface area contributed by atoms with Crippen molar-refractivity contribution >= 4 is 40.0 Å². The minimum atomic E-state index is -0.122. The first-order chi connectivity index (χ1) is 20.2. The molecule has 2 aliphatic carbocycles. The molecule has 4 heteroatoms. The molecule has 0 amide bonds. The highest BCUT2D eigenvalue weighted by atomic mass is 19.1. The van der Waals surface area contributed by atoms with Gasteiger partial charge < -0.3 is 4.74 Å². The largest absolute Gasteiger partial charge is 0.487 e. The van der Waals surface area contributed by atoms with Gasteiger partial charge in [-0.25, -0.2) is 9.38 Å². The van der Waals surface area contributed by atoms with E-state index in [1.165, 1.54) is 16.5 Å². The van der Waals surface area contributed by atoms with Gasteiger partial charge in [0.1, 0.15) is 18.2 Å². The molecule has 4 aromatic carbocycles. The molecular weight excluding hydrogens is 507 g/mol. The zero-order chi connectivity index (χ0) is 27.5. The van der Waals surface area contributed by atoms with Crippen LogP contribution in [0, 0.1) is 17.8 Å². The van der Waals surface area contributed by atoms with Crippen LogP contribution in [0.3, 0.4) is 0 Å². The fourth-order valence-electron chi connectivity index (χ4n) is 7.21. The van der Waals surface area contributed by atoms with Gasteiger partial charge in [-0.05, 0) is 82.8 Å². The second-order valence-electron chi connectivity index (χ2n) is 11.7. The van der Waals surface area contributed by atoms with Gasteiger partial charge in [0.15, 0.2) is 0 Å². The van der Waals surface area contributed by atoms with Gasteiger partial charge in [-0.15, -0.1) is 0 Å². The molecule has 3 unspecified atom stereocenters. The number of dihydropyridines is 1. The van der Waals surface area contributed by atoms with E-state index in [1.807, 2.05) is 42.6 Å². The van der Waals surface area contributed by atoms with E-state index < -0.39 is 0 Å². The van der Waals surface area contributed by atoms with E-state index in [2.05, 4.69) is 49.4 Å². The van der Waals surface area contributed by atoms with Crippen LogP contribution in [0.5, 0.6) is 0 Å². The van der Waals surface area contributed by atoms with E-state index >= 15 is 4.39 Å². The summed E-state index contributed by atoms with van der Waals surface area (Å²) >= 11 is 0. The summed E-state index contributed by atoms with van der Waals surface area (Å²) in [6, 6.07) is 25.5. The first-order valence-electron chi connectivity index (χ1n) is 14.6. The summed E-state index contributed by atoms with van der Waals surface area (Å²) in [6.07, 6.45) is 9.89. The molecule has 1 radical (unpaired) electrons. The van der Waals surface area contributed by atoms with Gasteiger partial charge in [0.25, 0.3) is 0 Å². The maximum atomic E-state index is 15.4. The van der Waals surface area contributed by atoms with Crippen LogP contribution in [0.1, 0.15) is 59.1 Å². The number of aliphatic imine (C=N–C) groups is 2. The fraction of sp³-hybridized carbons (Fsp3) is 0.243. The van der Waals surface area contributed by atoms with Gasteiger partial charge in [-0.2, -0.15) is 0 Å². The Kier molecular flexibility index (Phi) is 5.77. The number of nitrogens with zero attached hydrogens (tertiary/aromatic N) is 2. The summed E-state index contributed by atoms with van der Waals surface area (Å²) in [7, 11) is 0. The summed E-state index contributed by atoms with van der Waals surface area (Å²) in [6.45, 7) is 2.67. The number of halogens is 1. The maximum Gasteiger partial charge on any atom is 0.147 e. The van der Waals surface area contributed by atoms with Crippen LogP contribution in [0.4, 0.5) is 10.1 Å². The summed E-state index contributed by atoms with van der Waals surface area (Å²) in [5.74, 6) is 1.23. The number of hydrogen-bond donors (Lipinski definition) is 0. The molecule has 0 saturated carbocycles. The molecule has 0 saturated heterocycles. The van der Waals surface area contributed by atoms with E-state index in [9.17, 15) is 0 Å². The van der Waals surface area contributed by atoms with E-state index in [1.54, 1.807) is 6.07 Å². The Hall–Kier alpha value is -4.31. The first-order valence-corrected chi connectivity index (χ1v) is 14.6. The summed E-state index contributed by atoms with van der Waals surface area (Å²) in [5.41, 5.74) is 9.57. The van der Waals surface area contributed by atoms with Crippen LogP contribution >= 0.6 is 0 Å². The summed E-state index contributed by atoms with van der Waals surface area (Å²) in [5, 5.41) is 2.27. The maximum absolute atomic E-state index is 15.4. The lowest BCUT2D eigenvalue weighted by molar-refractivity contribution is 0.221. The molecule has 3 nitrogen and oxygen atoms in total. The number of allylic oxidation sites excluding steroid dienone is 2. The summed E-state index contributed by atoms with van der Waals surface area (Å²) in [4.78, 5) is 10.2. The predicted molar refractivity (Wildman–Crippen MR) is 164 cm³/mol. The van der Waals surface area contributed by atoms with Crippen molar-refractivity contribution in [2.75, 3.05) is 0 Å². The highest BCUT2D eigenvalue weighted by Crippen LogP contribution is 2.47. The second kappa shape index (κ2) is 9.66. The number of fused-ring (bicyclic) bond motifs is 8. The van der Waals surface area contributed by atoms with Crippen LogP contribution in [0.2, 0.25) is 0 Å². The van der Waals surface area contributed by atoms with Crippen molar-refractivity contribution in [2.45, 2.75) is 51.2 Å². The molecule has 0 bridgehead atoms. The predicted octanol–water partition coefficient (Wildman–Crippen LogP) is 8.57. The van der Waals surface area contributed by atoms with Gasteiger partial charge in [-0.3, -0.25) is 4.99 Å². The van der Waals surface area contributed by atoms with E-state index in [0.717, 1.165) is 76.1 Å². The van der Waals surface area contributed by atoms with E-state index in [0.29, 0.717) is 12.5 Å². The molecule has 4 aromatic rings. The topological polar surface area (TPSA) is 34.0 Å².